The highest BCUT2D eigenvalue weighted by molar-refractivity contribution is 5.96. The largest absolute Gasteiger partial charge is 0.465 e. The second kappa shape index (κ2) is 9.79. The molecule has 1 saturated heterocycles. The molecule has 0 radical (unpaired) electrons. The molecule has 3 aromatic carbocycles. The van der Waals surface area contributed by atoms with Crippen molar-refractivity contribution in [1.82, 2.24) is 9.80 Å². The number of nitrogens with zero attached hydrogens (tertiary/aromatic N) is 2. The molecular weight excluding hydrogens is 400 g/mol. The number of piperazine rings is 1. The van der Waals surface area contributed by atoms with Gasteiger partial charge in [-0.3, -0.25) is 9.69 Å². The molecule has 1 aliphatic rings. The normalized spacial score (nSPS) is 15.2. The molecule has 32 heavy (non-hydrogen) atoms. The molecule has 1 heterocycles. The molecule has 0 aliphatic carbocycles. The average molecular weight is 429 g/mol. The van der Waals surface area contributed by atoms with Crippen LogP contribution in [0.5, 0.6) is 0 Å². The van der Waals surface area contributed by atoms with Crippen LogP contribution in [-0.4, -0.2) is 55.0 Å². The Bertz CT molecular complexity index is 1050. The zero-order chi connectivity index (χ0) is 22.5. The summed E-state index contributed by atoms with van der Waals surface area (Å²) in [6.07, 6.45) is 0. The summed E-state index contributed by atoms with van der Waals surface area (Å²) >= 11 is 0. The molecule has 0 saturated carbocycles. The van der Waals surface area contributed by atoms with Crippen LogP contribution in [0.3, 0.4) is 0 Å². The Balaban J connectivity index is 1.47. The van der Waals surface area contributed by atoms with Crippen molar-refractivity contribution in [2.45, 2.75) is 13.0 Å². The third kappa shape index (κ3) is 4.73. The van der Waals surface area contributed by atoms with E-state index in [1.165, 1.54) is 23.8 Å². The van der Waals surface area contributed by atoms with E-state index < -0.39 is 5.97 Å². The van der Waals surface area contributed by atoms with Crippen LogP contribution in [0.2, 0.25) is 0 Å². The standard InChI is InChI=1S/C27H28N2O3/c1-20-8-10-22(11-9-20)25(21-6-4-3-5-7-21)28-16-18-29(19-17-28)26(30)23-12-14-24(15-13-23)27(31)32-2/h3-15,25H,16-19H2,1-2H3. The number of rotatable bonds is 5. The Morgan fingerprint density at radius 3 is 1.91 bits per heavy atom. The highest BCUT2D eigenvalue weighted by Gasteiger charge is 2.28. The highest BCUT2D eigenvalue weighted by Crippen LogP contribution is 2.30. The number of hydrogen-bond donors (Lipinski definition) is 0. The first-order chi connectivity index (χ1) is 15.6. The number of ether oxygens (including phenoxy) is 1. The second-order valence-corrected chi connectivity index (χ2v) is 8.12. The van der Waals surface area contributed by atoms with Crippen molar-refractivity contribution in [3.8, 4) is 0 Å². The van der Waals surface area contributed by atoms with E-state index in [1.807, 2.05) is 11.0 Å². The van der Waals surface area contributed by atoms with E-state index in [4.69, 9.17) is 4.74 Å². The maximum Gasteiger partial charge on any atom is 0.337 e. The zero-order valence-electron chi connectivity index (χ0n) is 18.5. The molecule has 1 fully saturated rings. The van der Waals surface area contributed by atoms with Crippen LogP contribution < -0.4 is 0 Å². The highest BCUT2D eigenvalue weighted by atomic mass is 16.5. The van der Waals surface area contributed by atoms with Crippen LogP contribution in [0.1, 0.15) is 43.4 Å². The lowest BCUT2D eigenvalue weighted by Gasteiger charge is -2.40. The number of amides is 1. The first-order valence-electron chi connectivity index (χ1n) is 10.9. The monoisotopic (exact) mass is 428 g/mol. The fourth-order valence-electron chi connectivity index (χ4n) is 4.23. The zero-order valence-corrected chi connectivity index (χ0v) is 18.5. The van der Waals surface area contributed by atoms with Crippen LogP contribution >= 0.6 is 0 Å². The number of methoxy groups -OCH3 is 1. The number of hydrogen-bond acceptors (Lipinski definition) is 4. The molecule has 1 atom stereocenters. The third-order valence-electron chi connectivity index (χ3n) is 6.03. The van der Waals surface area contributed by atoms with E-state index in [0.717, 1.165) is 13.1 Å². The van der Waals surface area contributed by atoms with Gasteiger partial charge in [0.15, 0.2) is 0 Å². The van der Waals surface area contributed by atoms with E-state index >= 15 is 0 Å². The third-order valence-corrected chi connectivity index (χ3v) is 6.03. The van der Waals surface area contributed by atoms with Crippen molar-refractivity contribution in [2.24, 2.45) is 0 Å². The lowest BCUT2D eigenvalue weighted by Crippen LogP contribution is -2.49. The molecule has 0 spiro atoms. The minimum atomic E-state index is -0.402. The van der Waals surface area contributed by atoms with E-state index in [1.54, 1.807) is 24.3 Å². The minimum absolute atomic E-state index is 0.00679. The van der Waals surface area contributed by atoms with Crippen LogP contribution in [0, 0.1) is 6.92 Å². The second-order valence-electron chi connectivity index (χ2n) is 8.12. The van der Waals surface area contributed by atoms with Gasteiger partial charge in [-0.1, -0.05) is 60.2 Å². The summed E-state index contributed by atoms with van der Waals surface area (Å²) in [6.45, 7) is 5.00. The van der Waals surface area contributed by atoms with Gasteiger partial charge in [0.2, 0.25) is 0 Å². The van der Waals surface area contributed by atoms with Gasteiger partial charge in [-0.15, -0.1) is 0 Å². The Hall–Kier alpha value is -3.44. The van der Waals surface area contributed by atoms with Crippen molar-refractivity contribution < 1.29 is 14.3 Å². The molecule has 4 rings (SSSR count). The SMILES string of the molecule is COC(=O)c1ccc(C(=O)N2CCN(C(c3ccccc3)c3ccc(C)cc3)CC2)cc1. The van der Waals surface area contributed by atoms with Gasteiger partial charge in [0.05, 0.1) is 18.7 Å². The predicted molar refractivity (Wildman–Crippen MR) is 125 cm³/mol. The van der Waals surface area contributed by atoms with E-state index in [9.17, 15) is 9.59 Å². The summed E-state index contributed by atoms with van der Waals surface area (Å²) in [5.41, 5.74) is 4.80. The van der Waals surface area contributed by atoms with Crippen molar-refractivity contribution in [1.29, 1.82) is 0 Å². The quantitative estimate of drug-likeness (QED) is 0.568. The van der Waals surface area contributed by atoms with Gasteiger partial charge >= 0.3 is 5.97 Å². The maximum atomic E-state index is 13.0. The van der Waals surface area contributed by atoms with Gasteiger partial charge < -0.3 is 9.64 Å². The lowest BCUT2D eigenvalue weighted by molar-refractivity contribution is 0.0587. The molecule has 3 aromatic rings. The van der Waals surface area contributed by atoms with Crippen LogP contribution in [0.4, 0.5) is 0 Å². The molecule has 0 aromatic heterocycles. The molecule has 0 N–H and O–H groups in total. The fourth-order valence-corrected chi connectivity index (χ4v) is 4.23. The number of carbonyl (C=O) groups excluding carboxylic acids is 2. The molecule has 1 unspecified atom stereocenters. The molecule has 0 bridgehead atoms. The minimum Gasteiger partial charge on any atom is -0.465 e. The number of carbonyl (C=O) groups is 2. The average Bonchev–Trinajstić information content (AvgIpc) is 2.85. The smallest absolute Gasteiger partial charge is 0.337 e. The maximum absolute atomic E-state index is 13.0. The van der Waals surface area contributed by atoms with Crippen LogP contribution in [0.15, 0.2) is 78.9 Å². The van der Waals surface area contributed by atoms with Crippen LogP contribution in [-0.2, 0) is 4.74 Å². The molecular formula is C27H28N2O3. The summed E-state index contributed by atoms with van der Waals surface area (Å²) in [7, 11) is 1.35. The molecule has 164 valence electrons. The van der Waals surface area contributed by atoms with Gasteiger partial charge in [0.1, 0.15) is 0 Å². The predicted octanol–water partition coefficient (Wildman–Crippen LogP) is 4.33. The van der Waals surface area contributed by atoms with Gasteiger partial charge in [-0.2, -0.15) is 0 Å². The van der Waals surface area contributed by atoms with Crippen molar-refractivity contribution in [2.75, 3.05) is 33.3 Å². The van der Waals surface area contributed by atoms with E-state index in [-0.39, 0.29) is 11.9 Å². The number of benzene rings is 3. The summed E-state index contributed by atoms with van der Waals surface area (Å²) in [4.78, 5) is 29.0. The van der Waals surface area contributed by atoms with Gasteiger partial charge in [-0.25, -0.2) is 4.79 Å². The Morgan fingerprint density at radius 1 is 0.750 bits per heavy atom. The first-order valence-corrected chi connectivity index (χ1v) is 10.9. The van der Waals surface area contributed by atoms with Crippen LogP contribution in [0.25, 0.3) is 0 Å². The van der Waals surface area contributed by atoms with Crippen molar-refractivity contribution in [3.05, 3.63) is 107 Å². The van der Waals surface area contributed by atoms with Crippen molar-refractivity contribution in [3.63, 3.8) is 0 Å². The van der Waals surface area contributed by atoms with Gasteiger partial charge in [0.25, 0.3) is 5.91 Å². The molecule has 5 heteroatoms. The molecule has 5 nitrogen and oxygen atoms in total. The van der Waals surface area contributed by atoms with Gasteiger partial charge in [0, 0.05) is 31.7 Å². The van der Waals surface area contributed by atoms with E-state index in [0.29, 0.717) is 24.2 Å². The van der Waals surface area contributed by atoms with Crippen molar-refractivity contribution >= 4 is 11.9 Å². The Kier molecular flexibility index (Phi) is 6.66. The first kappa shape index (κ1) is 21.8. The van der Waals surface area contributed by atoms with E-state index in [2.05, 4.69) is 60.4 Å². The number of esters is 1. The Labute approximate surface area is 189 Å². The summed E-state index contributed by atoms with van der Waals surface area (Å²) in [5, 5.41) is 0. The molecule has 1 aliphatic heterocycles. The Morgan fingerprint density at radius 2 is 1.31 bits per heavy atom. The summed E-state index contributed by atoms with van der Waals surface area (Å²) in [6, 6.07) is 26.1. The lowest BCUT2D eigenvalue weighted by atomic mass is 9.95. The summed E-state index contributed by atoms with van der Waals surface area (Å²) in [5.74, 6) is -0.409. The van der Waals surface area contributed by atoms with Gasteiger partial charge in [-0.05, 0) is 42.3 Å². The molecule has 1 amide bonds. The summed E-state index contributed by atoms with van der Waals surface area (Å²) < 4.78 is 4.73. The topological polar surface area (TPSA) is 49.9 Å². The number of aryl methyl sites for hydroxylation is 1. The fraction of sp³-hybridized carbons (Fsp3) is 0.259.